The second kappa shape index (κ2) is 5.30. The Hall–Kier alpha value is -2.04. The molecule has 19 heavy (non-hydrogen) atoms. The van der Waals surface area contributed by atoms with Crippen molar-refractivity contribution in [3.63, 3.8) is 0 Å². The molecule has 1 heterocycles. The van der Waals surface area contributed by atoms with Crippen molar-refractivity contribution >= 4 is 17.5 Å². The average molecular weight is 262 g/mol. The van der Waals surface area contributed by atoms with Crippen molar-refractivity contribution in [3.8, 4) is 5.75 Å². The van der Waals surface area contributed by atoms with Gasteiger partial charge in [0.15, 0.2) is 0 Å². The van der Waals surface area contributed by atoms with Crippen LogP contribution in [0.25, 0.3) is 0 Å². The molecule has 1 fully saturated rings. The minimum Gasteiger partial charge on any atom is -0.496 e. The van der Waals surface area contributed by atoms with Crippen molar-refractivity contribution in [2.24, 2.45) is 5.92 Å². The van der Waals surface area contributed by atoms with Gasteiger partial charge in [0.2, 0.25) is 11.8 Å². The van der Waals surface area contributed by atoms with Gasteiger partial charge in [-0.15, -0.1) is 0 Å². The van der Waals surface area contributed by atoms with E-state index in [0.29, 0.717) is 24.3 Å². The second-order valence-electron chi connectivity index (χ2n) is 4.96. The molecule has 0 unspecified atom stereocenters. The monoisotopic (exact) mass is 262 g/mol. The number of carbonyl (C=O) groups is 2. The van der Waals surface area contributed by atoms with Gasteiger partial charge in [0.25, 0.3) is 0 Å². The standard InChI is InChI=1S/C14H18N2O3/c1-9-5-13(17)16(14(18)6-9)8-10-3-4-11(15)7-12(10)19-2/h3-4,7,9H,5-6,8,15H2,1-2H3. The van der Waals surface area contributed by atoms with Crippen LogP contribution in [0.1, 0.15) is 25.3 Å². The van der Waals surface area contributed by atoms with Crippen LogP contribution in [-0.2, 0) is 16.1 Å². The number of piperidine rings is 1. The summed E-state index contributed by atoms with van der Waals surface area (Å²) in [5.74, 6) is 0.481. The molecule has 1 aromatic rings. The molecule has 102 valence electrons. The van der Waals surface area contributed by atoms with E-state index in [0.717, 1.165) is 5.56 Å². The van der Waals surface area contributed by atoms with E-state index in [2.05, 4.69) is 0 Å². The quantitative estimate of drug-likeness (QED) is 0.662. The van der Waals surface area contributed by atoms with Gasteiger partial charge in [0.05, 0.1) is 13.7 Å². The second-order valence-corrected chi connectivity index (χ2v) is 4.96. The van der Waals surface area contributed by atoms with E-state index in [1.54, 1.807) is 25.3 Å². The lowest BCUT2D eigenvalue weighted by atomic mass is 9.97. The SMILES string of the molecule is COc1cc(N)ccc1CN1C(=O)CC(C)CC1=O. The number of anilines is 1. The fourth-order valence-corrected chi connectivity index (χ4v) is 2.27. The number of nitrogens with two attached hydrogens (primary N) is 1. The number of methoxy groups -OCH3 is 1. The van der Waals surface area contributed by atoms with Crippen molar-refractivity contribution in [3.05, 3.63) is 23.8 Å². The zero-order valence-electron chi connectivity index (χ0n) is 11.2. The van der Waals surface area contributed by atoms with Crippen molar-refractivity contribution in [1.82, 2.24) is 4.90 Å². The number of likely N-dealkylation sites (tertiary alicyclic amines) is 1. The Balaban J connectivity index is 2.21. The molecule has 2 N–H and O–H groups in total. The molecule has 0 spiro atoms. The van der Waals surface area contributed by atoms with E-state index < -0.39 is 0 Å². The Bertz CT molecular complexity index is 495. The third-order valence-electron chi connectivity index (χ3n) is 3.29. The number of ether oxygens (including phenoxy) is 1. The summed E-state index contributed by atoms with van der Waals surface area (Å²) in [5, 5.41) is 0. The number of rotatable bonds is 3. The highest BCUT2D eigenvalue weighted by atomic mass is 16.5. The molecule has 2 amide bonds. The largest absolute Gasteiger partial charge is 0.496 e. The van der Waals surface area contributed by atoms with Gasteiger partial charge in [0.1, 0.15) is 5.75 Å². The van der Waals surface area contributed by atoms with Crippen molar-refractivity contribution < 1.29 is 14.3 Å². The minimum absolute atomic E-state index is 0.123. The van der Waals surface area contributed by atoms with Gasteiger partial charge >= 0.3 is 0 Å². The summed E-state index contributed by atoms with van der Waals surface area (Å²) < 4.78 is 5.23. The normalized spacial score (nSPS) is 16.8. The highest BCUT2D eigenvalue weighted by molar-refractivity contribution is 5.97. The Morgan fingerprint density at radius 1 is 1.32 bits per heavy atom. The molecule has 5 heteroatoms. The van der Waals surface area contributed by atoms with Crippen molar-refractivity contribution in [2.45, 2.75) is 26.3 Å². The fraction of sp³-hybridized carbons (Fsp3) is 0.429. The van der Waals surface area contributed by atoms with Crippen LogP contribution in [0.5, 0.6) is 5.75 Å². The summed E-state index contributed by atoms with van der Waals surface area (Å²) in [6.45, 7) is 2.16. The molecule has 0 bridgehead atoms. The molecule has 1 aliphatic heterocycles. The molecular formula is C14H18N2O3. The minimum atomic E-state index is -0.123. The van der Waals surface area contributed by atoms with Crippen LogP contribution >= 0.6 is 0 Å². The number of nitrogen functional groups attached to an aromatic ring is 1. The number of amides is 2. The van der Waals surface area contributed by atoms with Crippen LogP contribution in [0.4, 0.5) is 5.69 Å². The molecule has 1 saturated heterocycles. The highest BCUT2D eigenvalue weighted by Crippen LogP contribution is 2.26. The number of benzene rings is 1. The molecule has 0 aliphatic carbocycles. The van der Waals surface area contributed by atoms with E-state index in [4.69, 9.17) is 10.5 Å². The third kappa shape index (κ3) is 2.86. The lowest BCUT2D eigenvalue weighted by Crippen LogP contribution is -2.42. The zero-order chi connectivity index (χ0) is 14.0. The molecule has 0 saturated carbocycles. The maximum atomic E-state index is 11.9. The molecule has 5 nitrogen and oxygen atoms in total. The fourth-order valence-electron chi connectivity index (χ4n) is 2.27. The van der Waals surface area contributed by atoms with Crippen LogP contribution in [0.3, 0.4) is 0 Å². The van der Waals surface area contributed by atoms with Crippen molar-refractivity contribution in [2.75, 3.05) is 12.8 Å². The van der Waals surface area contributed by atoms with Crippen LogP contribution < -0.4 is 10.5 Å². The van der Waals surface area contributed by atoms with Gasteiger partial charge in [-0.2, -0.15) is 0 Å². The highest BCUT2D eigenvalue weighted by Gasteiger charge is 2.30. The first-order valence-electron chi connectivity index (χ1n) is 6.27. The van der Waals surface area contributed by atoms with E-state index in [1.807, 2.05) is 6.92 Å². The smallest absolute Gasteiger partial charge is 0.229 e. The maximum absolute atomic E-state index is 11.9. The molecular weight excluding hydrogens is 244 g/mol. The predicted octanol–water partition coefficient (Wildman–Crippen LogP) is 1.56. The lowest BCUT2D eigenvalue weighted by molar-refractivity contribution is -0.150. The number of imide groups is 1. The van der Waals surface area contributed by atoms with Gasteiger partial charge < -0.3 is 10.5 Å². The summed E-state index contributed by atoms with van der Waals surface area (Å²) in [4.78, 5) is 25.2. The summed E-state index contributed by atoms with van der Waals surface area (Å²) >= 11 is 0. The number of hydrogen-bond acceptors (Lipinski definition) is 4. The van der Waals surface area contributed by atoms with E-state index in [-0.39, 0.29) is 24.3 Å². The molecule has 0 aromatic heterocycles. The first-order valence-corrected chi connectivity index (χ1v) is 6.27. The van der Waals surface area contributed by atoms with Crippen LogP contribution in [0.2, 0.25) is 0 Å². The summed E-state index contributed by atoms with van der Waals surface area (Å²) in [5.41, 5.74) is 7.06. The first kappa shape index (κ1) is 13.4. The predicted molar refractivity (Wildman–Crippen MR) is 71.4 cm³/mol. The van der Waals surface area contributed by atoms with Crippen molar-refractivity contribution in [1.29, 1.82) is 0 Å². The third-order valence-corrected chi connectivity index (χ3v) is 3.29. The van der Waals surface area contributed by atoms with E-state index >= 15 is 0 Å². The topological polar surface area (TPSA) is 72.6 Å². The van der Waals surface area contributed by atoms with Gasteiger partial charge in [-0.05, 0) is 12.0 Å². The summed E-state index contributed by atoms with van der Waals surface area (Å²) in [6.07, 6.45) is 0.839. The van der Waals surface area contributed by atoms with Crippen LogP contribution in [0, 0.1) is 5.92 Å². The molecule has 0 atom stereocenters. The molecule has 2 rings (SSSR count). The van der Waals surface area contributed by atoms with Crippen LogP contribution in [-0.4, -0.2) is 23.8 Å². The van der Waals surface area contributed by atoms with Gasteiger partial charge in [0, 0.05) is 30.2 Å². The maximum Gasteiger partial charge on any atom is 0.229 e. The Morgan fingerprint density at radius 3 is 2.53 bits per heavy atom. The first-order chi connectivity index (χ1) is 9.01. The number of nitrogens with zero attached hydrogens (tertiary/aromatic N) is 1. The molecule has 1 aromatic carbocycles. The lowest BCUT2D eigenvalue weighted by Gasteiger charge is -2.28. The molecule has 0 radical (unpaired) electrons. The Kier molecular flexibility index (Phi) is 3.74. The average Bonchev–Trinajstić information content (AvgIpc) is 2.35. The summed E-state index contributed by atoms with van der Waals surface area (Å²) in [6, 6.07) is 5.21. The van der Waals surface area contributed by atoms with Crippen LogP contribution in [0.15, 0.2) is 18.2 Å². The van der Waals surface area contributed by atoms with E-state index in [9.17, 15) is 9.59 Å². The number of hydrogen-bond donors (Lipinski definition) is 1. The zero-order valence-corrected chi connectivity index (χ0v) is 11.2. The molecule has 1 aliphatic rings. The number of carbonyl (C=O) groups excluding carboxylic acids is 2. The van der Waals surface area contributed by atoms with E-state index in [1.165, 1.54) is 4.90 Å². The van der Waals surface area contributed by atoms with Gasteiger partial charge in [-0.1, -0.05) is 13.0 Å². The van der Waals surface area contributed by atoms with Gasteiger partial charge in [-0.3, -0.25) is 14.5 Å². The van der Waals surface area contributed by atoms with Gasteiger partial charge in [-0.25, -0.2) is 0 Å². The Morgan fingerprint density at radius 2 is 1.95 bits per heavy atom. The summed E-state index contributed by atoms with van der Waals surface area (Å²) in [7, 11) is 1.54. The Labute approximate surface area is 112 Å².